The fourth-order valence-electron chi connectivity index (χ4n) is 2.73. The van der Waals surface area contributed by atoms with Crippen molar-refractivity contribution >= 4 is 11.8 Å². The van der Waals surface area contributed by atoms with E-state index in [1.165, 1.54) is 10.5 Å². The lowest BCUT2D eigenvalue weighted by molar-refractivity contribution is 0.473. The molecule has 1 heterocycles. The van der Waals surface area contributed by atoms with Crippen LogP contribution in [0.4, 0.5) is 0 Å². The minimum atomic E-state index is -0.576. The van der Waals surface area contributed by atoms with E-state index in [2.05, 4.69) is 17.0 Å². The third kappa shape index (κ3) is 3.57. The van der Waals surface area contributed by atoms with Crippen molar-refractivity contribution in [2.45, 2.75) is 25.7 Å². The first-order valence-electron chi connectivity index (χ1n) is 8.02. The molecule has 0 radical (unpaired) electrons. The molecule has 1 N–H and O–H groups in total. The average molecular weight is 369 g/mol. The Bertz CT molecular complexity index is 1060. The molecule has 0 aliphatic rings. The van der Waals surface area contributed by atoms with Crippen molar-refractivity contribution in [1.82, 2.24) is 14.8 Å². The van der Waals surface area contributed by atoms with Gasteiger partial charge in [0.05, 0.1) is 5.69 Å². The van der Waals surface area contributed by atoms with Crippen LogP contribution in [0.25, 0.3) is 5.69 Å². The first kappa shape index (κ1) is 18.0. The third-order valence-electron chi connectivity index (χ3n) is 4.00. The van der Waals surface area contributed by atoms with Crippen LogP contribution in [0.15, 0.2) is 51.0 Å². The summed E-state index contributed by atoms with van der Waals surface area (Å²) < 4.78 is 7.25. The van der Waals surface area contributed by atoms with Crippen molar-refractivity contribution in [3.63, 3.8) is 0 Å². The lowest BCUT2D eigenvalue weighted by Crippen LogP contribution is -2.30. The standard InChI is InChI=1S/C19H19N3O3S/c1-11-5-6-15(9-16(11)26-4)25-18-12(2)7-14(8-13(18)3)22-19(24)21-17(23)10-20-22/h5-10H,1-4H3,(H,21,23,24). The maximum Gasteiger partial charge on any atom is 0.349 e. The van der Waals surface area contributed by atoms with Crippen molar-refractivity contribution in [2.24, 2.45) is 0 Å². The van der Waals surface area contributed by atoms with Gasteiger partial charge in [-0.05, 0) is 68.0 Å². The Hall–Kier alpha value is -2.80. The lowest BCUT2D eigenvalue weighted by atomic mass is 10.1. The highest BCUT2D eigenvalue weighted by Gasteiger charge is 2.11. The summed E-state index contributed by atoms with van der Waals surface area (Å²) in [5.41, 5.74) is 2.41. The smallest absolute Gasteiger partial charge is 0.349 e. The van der Waals surface area contributed by atoms with Gasteiger partial charge in [-0.1, -0.05) is 6.07 Å². The third-order valence-corrected chi connectivity index (χ3v) is 4.88. The predicted octanol–water partition coefficient (Wildman–Crippen LogP) is 3.36. The van der Waals surface area contributed by atoms with Crippen molar-refractivity contribution in [3.05, 3.63) is 74.1 Å². The molecule has 3 rings (SSSR count). The number of benzene rings is 2. The zero-order chi connectivity index (χ0) is 18.8. The van der Waals surface area contributed by atoms with Gasteiger partial charge < -0.3 is 4.74 Å². The molecule has 0 aliphatic heterocycles. The summed E-state index contributed by atoms with van der Waals surface area (Å²) in [5.74, 6) is 1.50. The number of rotatable bonds is 4. The van der Waals surface area contributed by atoms with E-state index in [0.717, 1.165) is 33.5 Å². The number of hydrogen-bond acceptors (Lipinski definition) is 5. The van der Waals surface area contributed by atoms with E-state index in [1.807, 2.05) is 38.3 Å². The van der Waals surface area contributed by atoms with Crippen LogP contribution in [-0.2, 0) is 0 Å². The number of thioether (sulfide) groups is 1. The molecule has 0 saturated carbocycles. The van der Waals surface area contributed by atoms with Crippen LogP contribution in [0, 0.1) is 20.8 Å². The van der Waals surface area contributed by atoms with Crippen LogP contribution in [-0.4, -0.2) is 21.0 Å². The van der Waals surface area contributed by atoms with E-state index < -0.39 is 11.2 Å². The second-order valence-corrected chi connectivity index (χ2v) is 6.84. The summed E-state index contributed by atoms with van der Waals surface area (Å²) in [5, 5.41) is 3.89. The Morgan fingerprint density at radius 1 is 1.04 bits per heavy atom. The van der Waals surface area contributed by atoms with Crippen LogP contribution < -0.4 is 16.0 Å². The maximum atomic E-state index is 12.0. The van der Waals surface area contributed by atoms with Gasteiger partial charge in [-0.2, -0.15) is 9.78 Å². The molecule has 134 valence electrons. The van der Waals surface area contributed by atoms with E-state index in [9.17, 15) is 9.59 Å². The molecule has 7 heteroatoms. The molecule has 26 heavy (non-hydrogen) atoms. The van der Waals surface area contributed by atoms with E-state index in [0.29, 0.717) is 5.69 Å². The Morgan fingerprint density at radius 2 is 1.73 bits per heavy atom. The van der Waals surface area contributed by atoms with Gasteiger partial charge >= 0.3 is 5.69 Å². The summed E-state index contributed by atoms with van der Waals surface area (Å²) in [6.07, 6.45) is 3.11. The molecule has 0 spiro atoms. The summed E-state index contributed by atoms with van der Waals surface area (Å²) in [6.45, 7) is 5.88. The van der Waals surface area contributed by atoms with Gasteiger partial charge in [0.25, 0.3) is 5.56 Å². The van der Waals surface area contributed by atoms with Gasteiger partial charge in [-0.3, -0.25) is 9.78 Å². The Morgan fingerprint density at radius 3 is 2.35 bits per heavy atom. The summed E-state index contributed by atoms with van der Waals surface area (Å²) in [7, 11) is 0. The molecule has 0 unspecified atom stereocenters. The fourth-order valence-corrected chi connectivity index (χ4v) is 3.35. The molecule has 0 atom stereocenters. The average Bonchev–Trinajstić information content (AvgIpc) is 2.59. The lowest BCUT2D eigenvalue weighted by Gasteiger charge is -2.15. The first-order valence-corrected chi connectivity index (χ1v) is 9.24. The second-order valence-electron chi connectivity index (χ2n) is 5.99. The van der Waals surface area contributed by atoms with Gasteiger partial charge in [0.15, 0.2) is 0 Å². The molecule has 0 bridgehead atoms. The monoisotopic (exact) mass is 369 g/mol. The molecular formula is C19H19N3O3S. The van der Waals surface area contributed by atoms with Crippen LogP contribution in [0.2, 0.25) is 0 Å². The minimum absolute atomic E-state index is 0.524. The van der Waals surface area contributed by atoms with Gasteiger partial charge in [-0.25, -0.2) is 4.79 Å². The Labute approximate surface area is 154 Å². The van der Waals surface area contributed by atoms with E-state index in [4.69, 9.17) is 4.74 Å². The summed E-state index contributed by atoms with van der Waals surface area (Å²) in [4.78, 5) is 26.5. The number of aromatic amines is 1. The van der Waals surface area contributed by atoms with Gasteiger partial charge in [0, 0.05) is 4.90 Å². The van der Waals surface area contributed by atoms with Crippen molar-refractivity contribution in [1.29, 1.82) is 0 Å². The number of nitrogens with zero attached hydrogens (tertiary/aromatic N) is 2. The highest BCUT2D eigenvalue weighted by atomic mass is 32.2. The topological polar surface area (TPSA) is 77.0 Å². The van der Waals surface area contributed by atoms with Gasteiger partial charge in [0.1, 0.15) is 17.7 Å². The van der Waals surface area contributed by atoms with Crippen molar-refractivity contribution < 1.29 is 4.74 Å². The normalized spacial score (nSPS) is 10.8. The number of hydrogen-bond donors (Lipinski definition) is 1. The maximum absolute atomic E-state index is 12.0. The summed E-state index contributed by atoms with van der Waals surface area (Å²) in [6, 6.07) is 9.60. The number of aromatic nitrogens is 3. The largest absolute Gasteiger partial charge is 0.457 e. The quantitative estimate of drug-likeness (QED) is 0.714. The van der Waals surface area contributed by atoms with Crippen LogP contribution in [0.5, 0.6) is 11.5 Å². The molecule has 6 nitrogen and oxygen atoms in total. The molecule has 2 aromatic carbocycles. The first-order chi connectivity index (χ1) is 12.4. The van der Waals surface area contributed by atoms with Crippen LogP contribution in [0.1, 0.15) is 16.7 Å². The second kappa shape index (κ2) is 7.21. The number of aryl methyl sites for hydroxylation is 3. The molecule has 0 saturated heterocycles. The minimum Gasteiger partial charge on any atom is -0.457 e. The molecule has 3 aromatic rings. The van der Waals surface area contributed by atoms with Crippen LogP contribution in [0.3, 0.4) is 0 Å². The highest BCUT2D eigenvalue weighted by Crippen LogP contribution is 2.33. The summed E-state index contributed by atoms with van der Waals surface area (Å²) >= 11 is 1.68. The number of H-pyrrole nitrogens is 1. The fraction of sp³-hybridized carbons (Fsp3) is 0.211. The molecule has 1 aromatic heterocycles. The number of nitrogens with one attached hydrogen (secondary N) is 1. The number of ether oxygens (including phenoxy) is 1. The predicted molar refractivity (Wildman–Crippen MR) is 103 cm³/mol. The Kier molecular flexibility index (Phi) is 4.99. The zero-order valence-corrected chi connectivity index (χ0v) is 15.8. The molecular weight excluding hydrogens is 350 g/mol. The van der Waals surface area contributed by atoms with Crippen molar-refractivity contribution in [3.8, 4) is 17.2 Å². The van der Waals surface area contributed by atoms with Crippen LogP contribution >= 0.6 is 11.8 Å². The van der Waals surface area contributed by atoms with Crippen molar-refractivity contribution in [2.75, 3.05) is 6.26 Å². The molecule has 0 aliphatic carbocycles. The highest BCUT2D eigenvalue weighted by molar-refractivity contribution is 7.98. The van der Waals surface area contributed by atoms with E-state index in [-0.39, 0.29) is 0 Å². The Balaban J connectivity index is 2.00. The SMILES string of the molecule is CSc1cc(Oc2c(C)cc(-n3ncc(=O)[nH]c3=O)cc2C)ccc1C. The molecule has 0 fully saturated rings. The van der Waals surface area contributed by atoms with E-state index in [1.54, 1.807) is 23.9 Å². The van der Waals surface area contributed by atoms with E-state index >= 15 is 0 Å². The van der Waals surface area contributed by atoms with Gasteiger partial charge in [-0.15, -0.1) is 11.8 Å². The van der Waals surface area contributed by atoms with Gasteiger partial charge in [0.2, 0.25) is 0 Å². The molecule has 0 amide bonds. The zero-order valence-electron chi connectivity index (χ0n) is 15.0.